The van der Waals surface area contributed by atoms with E-state index in [1.54, 1.807) is 12.4 Å². The highest BCUT2D eigenvalue weighted by atomic mass is 16.4. The summed E-state index contributed by atoms with van der Waals surface area (Å²) in [5.41, 5.74) is 4.85. The summed E-state index contributed by atoms with van der Waals surface area (Å²) < 4.78 is 0. The fourth-order valence-electron chi connectivity index (χ4n) is 4.00. The van der Waals surface area contributed by atoms with Crippen molar-refractivity contribution < 1.29 is 9.90 Å². The standard InChI is InChI=1S/C23H20N2O2/c1-14-20(17-9-6-12-24-13-17)22(21(23(26)27)15(2)25-14)19-11-5-8-16-7-3-4-10-18(16)19/h3-13,22,25H,1-2H3,(H,26,27). The van der Waals surface area contributed by atoms with Gasteiger partial charge in [-0.1, -0.05) is 48.5 Å². The number of rotatable bonds is 3. The summed E-state index contributed by atoms with van der Waals surface area (Å²) in [5.74, 6) is -1.29. The van der Waals surface area contributed by atoms with E-state index >= 15 is 0 Å². The van der Waals surface area contributed by atoms with Gasteiger partial charge in [0.1, 0.15) is 0 Å². The number of aromatic nitrogens is 1. The molecule has 134 valence electrons. The Morgan fingerprint density at radius 3 is 2.52 bits per heavy atom. The average Bonchev–Trinajstić information content (AvgIpc) is 2.67. The number of benzene rings is 2. The van der Waals surface area contributed by atoms with Crippen molar-refractivity contribution in [1.29, 1.82) is 0 Å². The van der Waals surface area contributed by atoms with Gasteiger partial charge in [-0.05, 0) is 47.4 Å². The maximum absolute atomic E-state index is 12.2. The quantitative estimate of drug-likeness (QED) is 0.713. The maximum Gasteiger partial charge on any atom is 0.334 e. The van der Waals surface area contributed by atoms with E-state index in [0.717, 1.165) is 33.2 Å². The first-order valence-electron chi connectivity index (χ1n) is 8.88. The molecule has 0 fully saturated rings. The molecule has 0 saturated heterocycles. The number of hydrogen-bond acceptors (Lipinski definition) is 3. The molecular formula is C23H20N2O2. The zero-order valence-electron chi connectivity index (χ0n) is 15.2. The van der Waals surface area contributed by atoms with Crippen molar-refractivity contribution in [1.82, 2.24) is 10.3 Å². The molecule has 2 N–H and O–H groups in total. The van der Waals surface area contributed by atoms with Gasteiger partial charge in [0.2, 0.25) is 0 Å². The van der Waals surface area contributed by atoms with Crippen molar-refractivity contribution in [3.8, 4) is 0 Å². The molecule has 27 heavy (non-hydrogen) atoms. The number of carboxylic acid groups (broad SMARTS) is 1. The Labute approximate surface area is 157 Å². The predicted molar refractivity (Wildman–Crippen MR) is 107 cm³/mol. The molecule has 1 aliphatic heterocycles. The number of nitrogens with zero attached hydrogens (tertiary/aromatic N) is 1. The largest absolute Gasteiger partial charge is 0.478 e. The van der Waals surface area contributed by atoms with Gasteiger partial charge in [0.05, 0.1) is 5.57 Å². The minimum atomic E-state index is -0.910. The minimum absolute atomic E-state index is 0.371. The van der Waals surface area contributed by atoms with Crippen molar-refractivity contribution in [3.05, 3.63) is 95.1 Å². The van der Waals surface area contributed by atoms with Crippen LogP contribution in [0.3, 0.4) is 0 Å². The van der Waals surface area contributed by atoms with Crippen LogP contribution in [0.5, 0.6) is 0 Å². The molecule has 4 rings (SSSR count). The molecule has 0 radical (unpaired) electrons. The van der Waals surface area contributed by atoms with Crippen molar-refractivity contribution >= 4 is 22.3 Å². The Morgan fingerprint density at radius 2 is 1.78 bits per heavy atom. The molecule has 0 spiro atoms. The van der Waals surface area contributed by atoms with E-state index < -0.39 is 5.97 Å². The Bertz CT molecular complexity index is 1090. The van der Waals surface area contributed by atoms with Crippen LogP contribution in [0.25, 0.3) is 16.3 Å². The zero-order chi connectivity index (χ0) is 19.0. The van der Waals surface area contributed by atoms with Crippen molar-refractivity contribution in [3.63, 3.8) is 0 Å². The fourth-order valence-corrected chi connectivity index (χ4v) is 4.00. The van der Waals surface area contributed by atoms with E-state index in [9.17, 15) is 9.90 Å². The van der Waals surface area contributed by atoms with Gasteiger partial charge in [0, 0.05) is 29.7 Å². The first-order valence-corrected chi connectivity index (χ1v) is 8.88. The van der Waals surface area contributed by atoms with Crippen LogP contribution in [-0.4, -0.2) is 16.1 Å². The van der Waals surface area contributed by atoms with Gasteiger partial charge in [-0.3, -0.25) is 4.98 Å². The van der Waals surface area contributed by atoms with Gasteiger partial charge in [-0.2, -0.15) is 0 Å². The molecule has 1 aromatic heterocycles. The number of hydrogen-bond donors (Lipinski definition) is 2. The number of aliphatic carboxylic acids is 1. The SMILES string of the molecule is CC1=C(C(=O)O)C(c2cccc3ccccc23)C(c2cccnc2)=C(C)N1. The first kappa shape index (κ1) is 17.0. The summed E-state index contributed by atoms with van der Waals surface area (Å²) in [6, 6.07) is 18.0. The number of pyridine rings is 1. The molecule has 2 heterocycles. The molecule has 0 aliphatic carbocycles. The number of fused-ring (bicyclic) bond motifs is 1. The number of carboxylic acids is 1. The van der Waals surface area contributed by atoms with Gasteiger partial charge >= 0.3 is 5.97 Å². The molecule has 4 nitrogen and oxygen atoms in total. The van der Waals surface area contributed by atoms with Crippen LogP contribution in [0.1, 0.15) is 30.9 Å². The van der Waals surface area contributed by atoms with Crippen LogP contribution >= 0.6 is 0 Å². The van der Waals surface area contributed by atoms with Gasteiger partial charge in [0.15, 0.2) is 0 Å². The highest BCUT2D eigenvalue weighted by molar-refractivity contribution is 5.99. The summed E-state index contributed by atoms with van der Waals surface area (Å²) in [7, 11) is 0. The summed E-state index contributed by atoms with van der Waals surface area (Å²) in [5, 5.41) is 15.4. The molecule has 1 atom stereocenters. The lowest BCUT2D eigenvalue weighted by atomic mass is 9.76. The lowest BCUT2D eigenvalue weighted by molar-refractivity contribution is -0.132. The maximum atomic E-state index is 12.2. The van der Waals surface area contributed by atoms with E-state index in [2.05, 4.69) is 28.5 Å². The number of dihydropyridines is 1. The van der Waals surface area contributed by atoms with Gasteiger partial charge in [0.25, 0.3) is 0 Å². The second-order valence-electron chi connectivity index (χ2n) is 6.75. The topological polar surface area (TPSA) is 62.2 Å². The molecule has 0 bridgehead atoms. The third-order valence-corrected chi connectivity index (χ3v) is 5.10. The van der Waals surface area contributed by atoms with Gasteiger partial charge in [-0.15, -0.1) is 0 Å². The van der Waals surface area contributed by atoms with E-state index in [1.165, 1.54) is 0 Å². The molecule has 1 unspecified atom stereocenters. The zero-order valence-corrected chi connectivity index (χ0v) is 15.2. The average molecular weight is 356 g/mol. The van der Waals surface area contributed by atoms with Crippen LogP contribution < -0.4 is 5.32 Å². The third-order valence-electron chi connectivity index (χ3n) is 5.10. The second-order valence-corrected chi connectivity index (χ2v) is 6.75. The normalized spacial score (nSPS) is 17.2. The highest BCUT2D eigenvalue weighted by Gasteiger charge is 2.34. The molecule has 0 saturated carbocycles. The van der Waals surface area contributed by atoms with Gasteiger partial charge < -0.3 is 10.4 Å². The fraction of sp³-hybridized carbons (Fsp3) is 0.130. The molecule has 0 amide bonds. The van der Waals surface area contributed by atoms with Crippen LogP contribution in [0.2, 0.25) is 0 Å². The Hall–Kier alpha value is -3.40. The summed E-state index contributed by atoms with van der Waals surface area (Å²) >= 11 is 0. The summed E-state index contributed by atoms with van der Waals surface area (Å²) in [6.45, 7) is 3.81. The Morgan fingerprint density at radius 1 is 1.00 bits per heavy atom. The second kappa shape index (κ2) is 6.72. The van der Waals surface area contributed by atoms with Crippen LogP contribution in [0.4, 0.5) is 0 Å². The molecular weight excluding hydrogens is 336 g/mol. The molecule has 2 aromatic carbocycles. The van der Waals surface area contributed by atoms with E-state index in [-0.39, 0.29) is 5.92 Å². The molecule has 4 heteroatoms. The number of allylic oxidation sites excluding steroid dienone is 3. The van der Waals surface area contributed by atoms with Crippen LogP contribution in [0.15, 0.2) is 84.0 Å². The third kappa shape index (κ3) is 2.89. The van der Waals surface area contributed by atoms with Crippen molar-refractivity contribution in [2.45, 2.75) is 19.8 Å². The smallest absolute Gasteiger partial charge is 0.334 e. The van der Waals surface area contributed by atoms with Crippen LogP contribution in [0, 0.1) is 0 Å². The lowest BCUT2D eigenvalue weighted by Gasteiger charge is -2.31. The first-order chi connectivity index (χ1) is 13.1. The van der Waals surface area contributed by atoms with E-state index in [1.807, 2.05) is 50.2 Å². The highest BCUT2D eigenvalue weighted by Crippen LogP contribution is 2.45. The minimum Gasteiger partial charge on any atom is -0.478 e. The van der Waals surface area contributed by atoms with Crippen molar-refractivity contribution in [2.24, 2.45) is 0 Å². The van der Waals surface area contributed by atoms with Crippen LogP contribution in [-0.2, 0) is 4.79 Å². The predicted octanol–water partition coefficient (Wildman–Crippen LogP) is 4.71. The molecule has 3 aromatic rings. The Kier molecular flexibility index (Phi) is 4.24. The van der Waals surface area contributed by atoms with E-state index in [0.29, 0.717) is 11.3 Å². The summed E-state index contributed by atoms with van der Waals surface area (Å²) in [6.07, 6.45) is 3.51. The summed E-state index contributed by atoms with van der Waals surface area (Å²) in [4.78, 5) is 16.5. The monoisotopic (exact) mass is 356 g/mol. The van der Waals surface area contributed by atoms with Gasteiger partial charge in [-0.25, -0.2) is 4.79 Å². The number of carbonyl (C=O) groups is 1. The van der Waals surface area contributed by atoms with Crippen molar-refractivity contribution in [2.75, 3.05) is 0 Å². The van der Waals surface area contributed by atoms with E-state index in [4.69, 9.17) is 0 Å². The molecule has 1 aliphatic rings. The number of nitrogens with one attached hydrogen (secondary N) is 1. The lowest BCUT2D eigenvalue weighted by Crippen LogP contribution is -2.27. The Balaban J connectivity index is 2.04.